The molecule has 3 rings (SSSR count). The van der Waals surface area contributed by atoms with Gasteiger partial charge in [-0.1, -0.05) is 0 Å². The number of imidazole rings is 1. The van der Waals surface area contributed by atoms with Crippen LogP contribution in [0.2, 0.25) is 0 Å². The summed E-state index contributed by atoms with van der Waals surface area (Å²) in [6, 6.07) is 0. The second-order valence-corrected chi connectivity index (χ2v) is 5.71. The first kappa shape index (κ1) is 12.3. The quantitative estimate of drug-likeness (QED) is 0.858. The minimum absolute atomic E-state index is 0.166. The molecule has 1 amide bonds. The number of nitrogens with zero attached hydrogens (tertiary/aromatic N) is 4. The van der Waals surface area contributed by atoms with Crippen LogP contribution in [0.15, 0.2) is 30.3 Å². The molecule has 0 bridgehead atoms. The number of amides is 1. The van der Waals surface area contributed by atoms with Gasteiger partial charge in [0, 0.05) is 43.0 Å². The second-order valence-electron chi connectivity index (χ2n) is 4.78. The highest BCUT2D eigenvalue weighted by molar-refractivity contribution is 7.09. The Hall–Kier alpha value is -1.69. The summed E-state index contributed by atoms with van der Waals surface area (Å²) in [6.07, 6.45) is 9.22. The Kier molecular flexibility index (Phi) is 3.59. The molecule has 1 aliphatic heterocycles. The lowest BCUT2D eigenvalue weighted by Crippen LogP contribution is -2.40. The van der Waals surface area contributed by atoms with Crippen molar-refractivity contribution >= 4 is 17.2 Å². The van der Waals surface area contributed by atoms with Gasteiger partial charge in [0.15, 0.2) is 0 Å². The van der Waals surface area contributed by atoms with Crippen LogP contribution >= 0.6 is 11.3 Å². The predicted octanol–water partition coefficient (Wildman–Crippen LogP) is 1.75. The van der Waals surface area contributed by atoms with Crippen LogP contribution in [0.1, 0.15) is 23.8 Å². The number of likely N-dealkylation sites (tertiary alicyclic amines) is 1. The lowest BCUT2D eigenvalue weighted by atomic mass is 9.99. The van der Waals surface area contributed by atoms with Gasteiger partial charge in [0.25, 0.3) is 0 Å². The molecule has 2 aromatic heterocycles. The molecule has 0 saturated carbocycles. The second kappa shape index (κ2) is 5.52. The summed E-state index contributed by atoms with van der Waals surface area (Å²) in [5.41, 5.74) is 0. The highest BCUT2D eigenvalue weighted by atomic mass is 32.1. The first-order valence-electron chi connectivity index (χ1n) is 6.46. The van der Waals surface area contributed by atoms with Gasteiger partial charge < -0.3 is 9.47 Å². The van der Waals surface area contributed by atoms with Crippen molar-refractivity contribution in [1.82, 2.24) is 19.4 Å². The Labute approximate surface area is 115 Å². The Bertz CT molecular complexity index is 523. The van der Waals surface area contributed by atoms with Crippen LogP contribution in [0.3, 0.4) is 0 Å². The zero-order valence-corrected chi connectivity index (χ0v) is 11.4. The molecule has 3 heterocycles. The zero-order chi connectivity index (χ0) is 13.1. The maximum Gasteiger partial charge on any atom is 0.242 e. The number of thiazole rings is 1. The molecule has 1 aliphatic rings. The highest BCUT2D eigenvalue weighted by Crippen LogP contribution is 2.28. The summed E-state index contributed by atoms with van der Waals surface area (Å²) >= 11 is 1.68. The van der Waals surface area contributed by atoms with E-state index in [2.05, 4.69) is 9.97 Å². The molecule has 2 aromatic rings. The molecule has 0 N–H and O–H groups in total. The van der Waals surface area contributed by atoms with E-state index in [1.807, 2.05) is 27.2 Å². The Balaban J connectivity index is 1.63. The normalized spacial score (nSPS) is 19.6. The van der Waals surface area contributed by atoms with E-state index in [0.717, 1.165) is 30.9 Å². The third kappa shape index (κ3) is 2.84. The fourth-order valence-corrected chi connectivity index (χ4v) is 3.25. The van der Waals surface area contributed by atoms with E-state index in [0.29, 0.717) is 12.5 Å². The molecule has 5 nitrogen and oxygen atoms in total. The predicted molar refractivity (Wildman–Crippen MR) is 72.9 cm³/mol. The van der Waals surface area contributed by atoms with Gasteiger partial charge in [0.2, 0.25) is 5.91 Å². The smallest absolute Gasteiger partial charge is 0.242 e. The number of carbonyl (C=O) groups excluding carboxylic acids is 1. The average Bonchev–Trinajstić information content (AvgIpc) is 3.12. The molecule has 1 unspecified atom stereocenters. The van der Waals surface area contributed by atoms with Crippen molar-refractivity contribution < 1.29 is 4.79 Å². The van der Waals surface area contributed by atoms with Crippen LogP contribution < -0.4 is 0 Å². The van der Waals surface area contributed by atoms with Gasteiger partial charge in [-0.3, -0.25) is 4.79 Å². The number of hydrogen-bond acceptors (Lipinski definition) is 4. The molecule has 1 atom stereocenters. The van der Waals surface area contributed by atoms with Crippen molar-refractivity contribution in [2.24, 2.45) is 0 Å². The maximum absolute atomic E-state index is 12.2. The van der Waals surface area contributed by atoms with Gasteiger partial charge in [-0.25, -0.2) is 9.97 Å². The zero-order valence-electron chi connectivity index (χ0n) is 10.6. The SMILES string of the molecule is O=C(Cn1ccnc1)N1CCCC(c2nccs2)C1. The molecular weight excluding hydrogens is 260 g/mol. The van der Waals surface area contributed by atoms with Crippen molar-refractivity contribution in [3.8, 4) is 0 Å². The van der Waals surface area contributed by atoms with E-state index in [4.69, 9.17) is 0 Å². The Morgan fingerprint density at radius 2 is 2.42 bits per heavy atom. The van der Waals surface area contributed by atoms with Crippen LogP contribution in [-0.4, -0.2) is 38.4 Å². The summed E-state index contributed by atoms with van der Waals surface area (Å²) in [6.45, 7) is 2.03. The molecule has 0 aliphatic carbocycles. The summed E-state index contributed by atoms with van der Waals surface area (Å²) in [5.74, 6) is 0.569. The molecule has 100 valence electrons. The largest absolute Gasteiger partial charge is 0.340 e. The fraction of sp³-hybridized carbons (Fsp3) is 0.462. The molecule has 1 saturated heterocycles. The van der Waals surface area contributed by atoms with Crippen LogP contribution in [0.25, 0.3) is 0 Å². The van der Waals surface area contributed by atoms with E-state index in [9.17, 15) is 4.79 Å². The molecule has 0 aromatic carbocycles. The van der Waals surface area contributed by atoms with Gasteiger partial charge in [-0.2, -0.15) is 0 Å². The minimum atomic E-state index is 0.166. The van der Waals surface area contributed by atoms with Crippen molar-refractivity contribution in [3.05, 3.63) is 35.3 Å². The van der Waals surface area contributed by atoms with Gasteiger partial charge in [-0.05, 0) is 12.8 Å². The van der Waals surface area contributed by atoms with Crippen molar-refractivity contribution in [1.29, 1.82) is 0 Å². The van der Waals surface area contributed by atoms with Gasteiger partial charge in [-0.15, -0.1) is 11.3 Å². The Morgan fingerprint density at radius 3 is 3.16 bits per heavy atom. The summed E-state index contributed by atoms with van der Waals surface area (Å²) in [7, 11) is 0. The van der Waals surface area contributed by atoms with E-state index in [1.54, 1.807) is 23.9 Å². The van der Waals surface area contributed by atoms with E-state index in [1.165, 1.54) is 0 Å². The number of piperidine rings is 1. The van der Waals surface area contributed by atoms with E-state index in [-0.39, 0.29) is 5.91 Å². The monoisotopic (exact) mass is 276 g/mol. The lowest BCUT2D eigenvalue weighted by molar-refractivity contribution is -0.133. The van der Waals surface area contributed by atoms with Crippen molar-refractivity contribution in [3.63, 3.8) is 0 Å². The number of carbonyl (C=O) groups is 1. The van der Waals surface area contributed by atoms with Crippen LogP contribution in [0.4, 0.5) is 0 Å². The third-order valence-corrected chi connectivity index (χ3v) is 4.39. The third-order valence-electron chi connectivity index (χ3n) is 3.45. The molecular formula is C13H16N4OS. The topological polar surface area (TPSA) is 51.0 Å². The molecule has 19 heavy (non-hydrogen) atoms. The van der Waals surface area contributed by atoms with Crippen LogP contribution in [0.5, 0.6) is 0 Å². The van der Waals surface area contributed by atoms with Gasteiger partial charge in [0.1, 0.15) is 6.54 Å². The first-order valence-corrected chi connectivity index (χ1v) is 7.34. The van der Waals surface area contributed by atoms with Crippen LogP contribution in [0, 0.1) is 0 Å². The fourth-order valence-electron chi connectivity index (χ4n) is 2.48. The summed E-state index contributed by atoms with van der Waals surface area (Å²) < 4.78 is 1.81. The number of rotatable bonds is 3. The summed E-state index contributed by atoms with van der Waals surface area (Å²) in [5, 5.41) is 3.15. The Morgan fingerprint density at radius 1 is 1.47 bits per heavy atom. The standard InChI is InChI=1S/C13H16N4OS/c18-12(9-16-6-3-14-10-16)17-5-1-2-11(8-17)13-15-4-7-19-13/h3-4,6-7,10-11H,1-2,5,8-9H2. The van der Waals surface area contributed by atoms with Crippen molar-refractivity contribution in [2.75, 3.05) is 13.1 Å². The number of aromatic nitrogens is 3. The average molecular weight is 276 g/mol. The molecule has 1 fully saturated rings. The van der Waals surface area contributed by atoms with Crippen molar-refractivity contribution in [2.45, 2.75) is 25.3 Å². The number of hydrogen-bond donors (Lipinski definition) is 0. The van der Waals surface area contributed by atoms with E-state index < -0.39 is 0 Å². The lowest BCUT2D eigenvalue weighted by Gasteiger charge is -2.32. The highest BCUT2D eigenvalue weighted by Gasteiger charge is 2.26. The summed E-state index contributed by atoms with van der Waals surface area (Å²) in [4.78, 5) is 22.5. The molecule has 6 heteroatoms. The maximum atomic E-state index is 12.2. The molecule has 0 spiro atoms. The van der Waals surface area contributed by atoms with E-state index >= 15 is 0 Å². The first-order chi connectivity index (χ1) is 9.33. The van der Waals surface area contributed by atoms with Crippen LogP contribution in [-0.2, 0) is 11.3 Å². The molecule has 0 radical (unpaired) electrons. The van der Waals surface area contributed by atoms with Gasteiger partial charge >= 0.3 is 0 Å². The minimum Gasteiger partial charge on any atom is -0.340 e. The van der Waals surface area contributed by atoms with Gasteiger partial charge in [0.05, 0.1) is 11.3 Å².